The monoisotopic (exact) mass is 443 g/mol. The van der Waals surface area contributed by atoms with Gasteiger partial charge in [0.15, 0.2) is 0 Å². The highest BCUT2D eigenvalue weighted by Crippen LogP contribution is 2.23. The first-order valence-electron chi connectivity index (χ1n) is 8.97. The summed E-state index contributed by atoms with van der Waals surface area (Å²) < 4.78 is 11.5. The van der Waals surface area contributed by atoms with E-state index in [0.29, 0.717) is 31.0 Å². The maximum Gasteiger partial charge on any atom is 0.226 e. The van der Waals surface area contributed by atoms with Crippen molar-refractivity contribution in [3.8, 4) is 17.1 Å². The number of rotatable bonds is 7. The molecule has 28 heavy (non-hydrogen) atoms. The van der Waals surface area contributed by atoms with Crippen LogP contribution in [0.25, 0.3) is 11.4 Å². The topological polar surface area (TPSA) is 68.5 Å². The van der Waals surface area contributed by atoms with Crippen LogP contribution in [0.3, 0.4) is 0 Å². The number of halogens is 1. The van der Waals surface area contributed by atoms with Gasteiger partial charge in [-0.3, -0.25) is 4.79 Å². The zero-order chi connectivity index (χ0) is 20.1. The highest BCUT2D eigenvalue weighted by Gasteiger charge is 2.13. The maximum absolute atomic E-state index is 12.5. The lowest BCUT2D eigenvalue weighted by Gasteiger charge is -2.18. The molecule has 0 unspecified atom stereocenters. The summed E-state index contributed by atoms with van der Waals surface area (Å²) >= 11 is 3.48. The molecule has 7 heteroatoms. The van der Waals surface area contributed by atoms with Gasteiger partial charge in [0.1, 0.15) is 5.75 Å². The van der Waals surface area contributed by atoms with Gasteiger partial charge in [0.25, 0.3) is 0 Å². The molecule has 3 aromatic rings. The van der Waals surface area contributed by atoms with E-state index in [9.17, 15) is 4.79 Å². The molecule has 0 N–H and O–H groups in total. The van der Waals surface area contributed by atoms with E-state index < -0.39 is 0 Å². The van der Waals surface area contributed by atoms with Gasteiger partial charge in [-0.1, -0.05) is 21.1 Å². The molecule has 2 aromatic carbocycles. The molecule has 0 atom stereocenters. The van der Waals surface area contributed by atoms with Crippen LogP contribution in [-0.2, 0) is 11.2 Å². The lowest BCUT2D eigenvalue weighted by Crippen LogP contribution is -2.26. The Morgan fingerprint density at radius 2 is 1.96 bits per heavy atom. The summed E-state index contributed by atoms with van der Waals surface area (Å²) in [5, 5.41) is 4.01. The quantitative estimate of drug-likeness (QED) is 0.524. The smallest absolute Gasteiger partial charge is 0.226 e. The van der Waals surface area contributed by atoms with Crippen LogP contribution < -0.4 is 9.64 Å². The highest BCUT2D eigenvalue weighted by molar-refractivity contribution is 9.10. The van der Waals surface area contributed by atoms with E-state index in [1.165, 1.54) is 0 Å². The van der Waals surface area contributed by atoms with E-state index in [0.717, 1.165) is 27.0 Å². The summed E-state index contributed by atoms with van der Waals surface area (Å²) in [6, 6.07) is 13.3. The summed E-state index contributed by atoms with van der Waals surface area (Å²) in [7, 11) is 3.41. The minimum atomic E-state index is 0.0524. The fourth-order valence-corrected chi connectivity index (χ4v) is 3.00. The molecule has 0 fully saturated rings. The van der Waals surface area contributed by atoms with E-state index >= 15 is 0 Å². The number of amides is 1. The number of aryl methyl sites for hydroxylation is 2. The van der Waals surface area contributed by atoms with Crippen molar-refractivity contribution in [2.75, 3.05) is 19.1 Å². The zero-order valence-corrected chi connectivity index (χ0v) is 17.7. The van der Waals surface area contributed by atoms with Gasteiger partial charge in [-0.05, 0) is 61.4 Å². The van der Waals surface area contributed by atoms with Gasteiger partial charge in [-0.25, -0.2) is 0 Å². The van der Waals surface area contributed by atoms with Gasteiger partial charge in [0.05, 0.1) is 7.11 Å². The lowest BCUT2D eigenvalue weighted by atomic mass is 10.2. The Kier molecular flexibility index (Phi) is 6.46. The standard InChI is InChI=1S/C21H22BrN3O3/c1-14-13-16(9-12-18(14)22)25(2)20(26)6-4-5-19-23-21(24-28-19)15-7-10-17(27-3)11-8-15/h7-13H,4-6H2,1-3H3. The van der Waals surface area contributed by atoms with Crippen LogP contribution in [0.4, 0.5) is 5.69 Å². The fraction of sp³-hybridized carbons (Fsp3) is 0.286. The molecule has 0 aliphatic rings. The minimum Gasteiger partial charge on any atom is -0.497 e. The number of benzene rings is 2. The van der Waals surface area contributed by atoms with Crippen LogP contribution >= 0.6 is 15.9 Å². The first kappa shape index (κ1) is 20.1. The van der Waals surface area contributed by atoms with Crippen molar-refractivity contribution in [3.05, 3.63) is 58.4 Å². The van der Waals surface area contributed by atoms with Crippen molar-refractivity contribution >= 4 is 27.5 Å². The van der Waals surface area contributed by atoms with Crippen LogP contribution in [0.15, 0.2) is 51.5 Å². The molecular formula is C21H22BrN3O3. The molecule has 6 nitrogen and oxygen atoms in total. The third kappa shape index (κ3) is 4.78. The number of hydrogen-bond donors (Lipinski definition) is 0. The molecule has 1 amide bonds. The summed E-state index contributed by atoms with van der Waals surface area (Å²) in [5.41, 5.74) is 2.83. The van der Waals surface area contributed by atoms with Gasteiger partial charge >= 0.3 is 0 Å². The van der Waals surface area contributed by atoms with Crippen LogP contribution in [0.2, 0.25) is 0 Å². The zero-order valence-electron chi connectivity index (χ0n) is 16.1. The van der Waals surface area contributed by atoms with E-state index in [1.54, 1.807) is 19.1 Å². The molecule has 1 heterocycles. The molecule has 0 saturated carbocycles. The molecule has 0 aliphatic heterocycles. The Hall–Kier alpha value is -2.67. The van der Waals surface area contributed by atoms with Crippen molar-refractivity contribution in [1.82, 2.24) is 10.1 Å². The van der Waals surface area contributed by atoms with E-state index in [4.69, 9.17) is 9.26 Å². The van der Waals surface area contributed by atoms with Crippen LogP contribution in [0.5, 0.6) is 5.75 Å². The summed E-state index contributed by atoms with van der Waals surface area (Å²) in [4.78, 5) is 18.5. The number of aromatic nitrogens is 2. The normalized spacial score (nSPS) is 10.7. The number of carbonyl (C=O) groups is 1. The van der Waals surface area contributed by atoms with Crippen molar-refractivity contribution in [3.63, 3.8) is 0 Å². The van der Waals surface area contributed by atoms with Gasteiger partial charge < -0.3 is 14.2 Å². The Morgan fingerprint density at radius 1 is 1.21 bits per heavy atom. The van der Waals surface area contributed by atoms with E-state index in [1.807, 2.05) is 49.4 Å². The first-order chi connectivity index (χ1) is 13.5. The second-order valence-corrected chi connectivity index (χ2v) is 7.33. The molecule has 146 valence electrons. The minimum absolute atomic E-state index is 0.0524. The summed E-state index contributed by atoms with van der Waals surface area (Å²) in [6.07, 6.45) is 1.61. The van der Waals surface area contributed by atoms with E-state index in [-0.39, 0.29) is 5.91 Å². The van der Waals surface area contributed by atoms with Gasteiger partial charge in [-0.2, -0.15) is 4.98 Å². The van der Waals surface area contributed by atoms with Crippen molar-refractivity contribution < 1.29 is 14.1 Å². The third-order valence-electron chi connectivity index (χ3n) is 4.50. The third-order valence-corrected chi connectivity index (χ3v) is 5.39. The van der Waals surface area contributed by atoms with Gasteiger partial charge in [0, 0.05) is 35.6 Å². The molecule has 0 spiro atoms. The highest BCUT2D eigenvalue weighted by atomic mass is 79.9. The van der Waals surface area contributed by atoms with Crippen LogP contribution in [0.1, 0.15) is 24.3 Å². The average molecular weight is 444 g/mol. The number of anilines is 1. The van der Waals surface area contributed by atoms with Crippen molar-refractivity contribution in [2.24, 2.45) is 0 Å². The maximum atomic E-state index is 12.5. The summed E-state index contributed by atoms with van der Waals surface area (Å²) in [5.74, 6) is 1.89. The number of hydrogen-bond acceptors (Lipinski definition) is 5. The van der Waals surface area contributed by atoms with Crippen LogP contribution in [0, 0.1) is 6.92 Å². The molecule has 0 bridgehead atoms. The number of ether oxygens (including phenoxy) is 1. The van der Waals surface area contributed by atoms with Crippen molar-refractivity contribution in [2.45, 2.75) is 26.2 Å². The Morgan fingerprint density at radius 3 is 2.64 bits per heavy atom. The predicted octanol–water partition coefficient (Wildman–Crippen LogP) is 4.80. The van der Waals surface area contributed by atoms with Crippen LogP contribution in [-0.4, -0.2) is 30.2 Å². The Bertz CT molecular complexity index is 954. The predicted molar refractivity (Wildman–Crippen MR) is 112 cm³/mol. The molecule has 0 saturated heterocycles. The largest absolute Gasteiger partial charge is 0.497 e. The molecule has 0 aliphatic carbocycles. The van der Waals surface area contributed by atoms with E-state index in [2.05, 4.69) is 26.1 Å². The van der Waals surface area contributed by atoms with Gasteiger partial charge in [-0.15, -0.1) is 0 Å². The lowest BCUT2D eigenvalue weighted by molar-refractivity contribution is -0.118. The molecule has 0 radical (unpaired) electrons. The second-order valence-electron chi connectivity index (χ2n) is 6.48. The fourth-order valence-electron chi connectivity index (χ4n) is 2.75. The molecule has 1 aromatic heterocycles. The summed E-state index contributed by atoms with van der Waals surface area (Å²) in [6.45, 7) is 2.00. The Labute approximate surface area is 172 Å². The molecule has 3 rings (SSSR count). The second kappa shape index (κ2) is 9.01. The number of methoxy groups -OCH3 is 1. The molecular weight excluding hydrogens is 422 g/mol. The number of nitrogens with zero attached hydrogens (tertiary/aromatic N) is 3. The SMILES string of the molecule is COc1ccc(-c2noc(CCCC(=O)N(C)c3ccc(Br)c(C)c3)n2)cc1. The average Bonchev–Trinajstić information content (AvgIpc) is 3.18. The van der Waals surface area contributed by atoms with Crippen molar-refractivity contribution in [1.29, 1.82) is 0 Å². The Balaban J connectivity index is 1.53. The first-order valence-corrected chi connectivity index (χ1v) is 9.77. The number of carbonyl (C=O) groups excluding carboxylic acids is 1. The van der Waals surface area contributed by atoms with Gasteiger partial charge in [0.2, 0.25) is 17.6 Å².